The van der Waals surface area contributed by atoms with Gasteiger partial charge in [0, 0.05) is 19.0 Å². The van der Waals surface area contributed by atoms with Gasteiger partial charge in [-0.1, -0.05) is 0 Å². The molecule has 7 heteroatoms. The van der Waals surface area contributed by atoms with Gasteiger partial charge in [0.1, 0.15) is 0 Å². The smallest absolute Gasteiger partial charge is 0.418 e. The molecular formula is C6H7F6K. The monoisotopic (exact) mass is 232 g/mol. The largest absolute Gasteiger partial charge is 1.00 e. The van der Waals surface area contributed by atoms with Gasteiger partial charge in [-0.3, -0.25) is 4.39 Å². The Kier molecular flexibility index (Phi) is 9.60. The molecule has 0 N–H and O–H groups in total. The average Bonchev–Trinajstić information content (AvgIpc) is 1.84. The Balaban J connectivity index is 0. The molecule has 0 bridgehead atoms. The first kappa shape index (κ1) is 16.6. The Hall–Kier alpha value is 1.22. The van der Waals surface area contributed by atoms with Gasteiger partial charge in [0.15, 0.2) is 0 Å². The van der Waals surface area contributed by atoms with Gasteiger partial charge in [0.2, 0.25) is 0 Å². The zero-order valence-electron chi connectivity index (χ0n) is 6.97. The average molecular weight is 232 g/mol. The number of hydrogen-bond donors (Lipinski definition) is 0. The van der Waals surface area contributed by atoms with Crippen LogP contribution in [0.15, 0.2) is 0 Å². The molecular weight excluding hydrogens is 225 g/mol. The van der Waals surface area contributed by atoms with E-state index in [1.807, 2.05) is 0 Å². The molecule has 0 aliphatic heterocycles. The summed E-state index contributed by atoms with van der Waals surface area (Å²) in [6, 6.07) is 0. The van der Waals surface area contributed by atoms with Crippen molar-refractivity contribution in [3.63, 3.8) is 0 Å². The molecule has 0 heterocycles. The van der Waals surface area contributed by atoms with Gasteiger partial charge in [-0.25, -0.2) is 0 Å². The van der Waals surface area contributed by atoms with Gasteiger partial charge in [-0.05, 0) is 12.8 Å². The first-order chi connectivity index (χ1) is 5.33. The number of rotatable bonds is 4. The van der Waals surface area contributed by atoms with Gasteiger partial charge in [-0.15, -0.1) is 0 Å². The Morgan fingerprint density at radius 3 is 1.92 bits per heavy atom. The zero-order chi connectivity index (χ0) is 9.78. The van der Waals surface area contributed by atoms with E-state index in [2.05, 4.69) is 0 Å². The molecule has 0 radical (unpaired) electrons. The van der Waals surface area contributed by atoms with Crippen molar-refractivity contribution in [2.45, 2.75) is 31.6 Å². The molecule has 0 aromatic rings. The second kappa shape index (κ2) is 7.50. The number of alkyl halides is 4. The molecule has 0 spiro atoms. The quantitative estimate of drug-likeness (QED) is 0.376. The van der Waals surface area contributed by atoms with Crippen molar-refractivity contribution >= 4 is 0 Å². The van der Waals surface area contributed by atoms with Crippen molar-refractivity contribution < 1.29 is 77.7 Å². The topological polar surface area (TPSA) is 0 Å². The van der Waals surface area contributed by atoms with Crippen molar-refractivity contribution in [2.24, 2.45) is 0 Å². The van der Waals surface area contributed by atoms with Gasteiger partial charge in [0.05, 0.1) is 0 Å². The van der Waals surface area contributed by atoms with Crippen LogP contribution in [0, 0.1) is 6.43 Å². The third-order valence-electron chi connectivity index (χ3n) is 1.15. The molecule has 0 amide bonds. The zero-order valence-corrected chi connectivity index (χ0v) is 10.1. The molecule has 0 aliphatic rings. The summed E-state index contributed by atoms with van der Waals surface area (Å²) in [7, 11) is 0. The molecule has 0 saturated heterocycles. The van der Waals surface area contributed by atoms with Crippen molar-refractivity contribution in [1.82, 2.24) is 0 Å². The molecule has 0 aromatic heterocycles. The van der Waals surface area contributed by atoms with Crippen LogP contribution < -0.4 is 51.4 Å². The van der Waals surface area contributed by atoms with Crippen LogP contribution in [-0.4, -0.2) is 12.3 Å². The van der Waals surface area contributed by atoms with Crippen molar-refractivity contribution in [3.8, 4) is 0 Å². The molecule has 0 nitrogen and oxygen atoms in total. The minimum atomic E-state index is -4.40. The SMILES string of the molecule is F[C-](F)C(F)CCCC(F)(F)F.[K+]. The maximum Gasteiger partial charge on any atom is 1.00 e. The van der Waals surface area contributed by atoms with E-state index in [0.717, 1.165) is 0 Å². The van der Waals surface area contributed by atoms with E-state index in [9.17, 15) is 26.3 Å². The fourth-order valence-electron chi connectivity index (χ4n) is 0.591. The second-order valence-corrected chi connectivity index (χ2v) is 2.26. The predicted molar refractivity (Wildman–Crippen MR) is 30.3 cm³/mol. The predicted octanol–water partition coefficient (Wildman–Crippen LogP) is 0.490. The van der Waals surface area contributed by atoms with Crippen molar-refractivity contribution in [2.75, 3.05) is 0 Å². The summed E-state index contributed by atoms with van der Waals surface area (Å²) in [4.78, 5) is 0. The van der Waals surface area contributed by atoms with E-state index >= 15 is 0 Å². The van der Waals surface area contributed by atoms with Crippen LogP contribution in [0.2, 0.25) is 0 Å². The standard InChI is InChI=1S/C6H7F6.K/c7-4(5(8)9)2-1-3-6(10,11)12;/h4H,1-3H2;/q-1;+1. The van der Waals surface area contributed by atoms with Crippen LogP contribution in [0.3, 0.4) is 0 Å². The molecule has 13 heavy (non-hydrogen) atoms. The third-order valence-corrected chi connectivity index (χ3v) is 1.15. The molecule has 0 fully saturated rings. The molecule has 1 unspecified atom stereocenters. The number of hydrogen-bond acceptors (Lipinski definition) is 0. The summed E-state index contributed by atoms with van der Waals surface area (Å²) < 4.78 is 68.7. The molecule has 74 valence electrons. The fraction of sp³-hybridized carbons (Fsp3) is 0.833. The third kappa shape index (κ3) is 11.1. The van der Waals surface area contributed by atoms with E-state index in [4.69, 9.17) is 0 Å². The van der Waals surface area contributed by atoms with Gasteiger partial charge in [-0.2, -0.15) is 13.2 Å². The van der Waals surface area contributed by atoms with Crippen LogP contribution in [-0.2, 0) is 0 Å². The summed E-state index contributed by atoms with van der Waals surface area (Å²) in [6.45, 7) is 0. The Labute approximate surface area is 114 Å². The summed E-state index contributed by atoms with van der Waals surface area (Å²) in [5.74, 6) is 0. The van der Waals surface area contributed by atoms with Crippen LogP contribution in [0.25, 0.3) is 0 Å². The maximum absolute atomic E-state index is 11.9. The second-order valence-electron chi connectivity index (χ2n) is 2.26. The normalized spacial score (nSPS) is 14.1. The molecule has 0 aliphatic carbocycles. The minimum absolute atomic E-state index is 0. The Bertz CT molecular complexity index is 123. The van der Waals surface area contributed by atoms with E-state index in [0.29, 0.717) is 0 Å². The minimum Gasteiger partial charge on any atom is -0.418 e. The van der Waals surface area contributed by atoms with Crippen molar-refractivity contribution in [1.29, 1.82) is 0 Å². The summed E-state index contributed by atoms with van der Waals surface area (Å²) in [6.07, 6.45) is -12.0. The molecule has 0 saturated carbocycles. The summed E-state index contributed by atoms with van der Waals surface area (Å²) in [5, 5.41) is 0. The molecule has 0 rings (SSSR count). The van der Waals surface area contributed by atoms with E-state index < -0.39 is 38.0 Å². The summed E-state index contributed by atoms with van der Waals surface area (Å²) >= 11 is 0. The molecule has 1 atom stereocenters. The Morgan fingerprint density at radius 2 is 1.62 bits per heavy atom. The van der Waals surface area contributed by atoms with Gasteiger partial charge in [0.25, 0.3) is 0 Å². The van der Waals surface area contributed by atoms with Crippen LogP contribution in [0.4, 0.5) is 26.3 Å². The Morgan fingerprint density at radius 1 is 1.15 bits per heavy atom. The van der Waals surface area contributed by atoms with Crippen LogP contribution in [0.5, 0.6) is 0 Å². The van der Waals surface area contributed by atoms with E-state index in [1.54, 1.807) is 0 Å². The van der Waals surface area contributed by atoms with Crippen LogP contribution in [0.1, 0.15) is 19.3 Å². The van der Waals surface area contributed by atoms with Crippen LogP contribution >= 0.6 is 0 Å². The first-order valence-corrected chi connectivity index (χ1v) is 3.21. The number of halogens is 6. The molecule has 0 aromatic carbocycles. The van der Waals surface area contributed by atoms with Gasteiger partial charge < -0.3 is 8.78 Å². The van der Waals surface area contributed by atoms with E-state index in [-0.39, 0.29) is 51.4 Å². The van der Waals surface area contributed by atoms with Gasteiger partial charge >= 0.3 is 57.6 Å². The first-order valence-electron chi connectivity index (χ1n) is 3.21. The van der Waals surface area contributed by atoms with E-state index in [1.165, 1.54) is 0 Å². The summed E-state index contributed by atoms with van der Waals surface area (Å²) in [5.41, 5.74) is 0. The maximum atomic E-state index is 11.9. The van der Waals surface area contributed by atoms with Crippen molar-refractivity contribution in [3.05, 3.63) is 6.43 Å². The fourth-order valence-corrected chi connectivity index (χ4v) is 0.591.